The van der Waals surface area contributed by atoms with E-state index in [-0.39, 0.29) is 17.8 Å². The second-order valence-corrected chi connectivity index (χ2v) is 6.62. The van der Waals surface area contributed by atoms with Crippen molar-refractivity contribution in [2.45, 2.75) is 13.0 Å². The van der Waals surface area contributed by atoms with E-state index in [0.29, 0.717) is 36.6 Å². The van der Waals surface area contributed by atoms with Crippen molar-refractivity contribution in [1.29, 1.82) is 0 Å². The zero-order valence-electron chi connectivity index (χ0n) is 15.3. The van der Waals surface area contributed by atoms with E-state index < -0.39 is 0 Å². The van der Waals surface area contributed by atoms with Gasteiger partial charge in [0.1, 0.15) is 23.4 Å². The van der Waals surface area contributed by atoms with Crippen LogP contribution in [0, 0.1) is 12.7 Å². The van der Waals surface area contributed by atoms with Crippen LogP contribution < -0.4 is 5.32 Å². The molecule has 0 aliphatic carbocycles. The molecule has 1 unspecified atom stereocenters. The number of rotatable bonds is 3. The molecule has 0 spiro atoms. The molecule has 140 valence electrons. The Morgan fingerprint density at radius 2 is 2.15 bits per heavy atom. The molecule has 1 atom stereocenters. The number of aromatic nitrogens is 4. The van der Waals surface area contributed by atoms with E-state index in [2.05, 4.69) is 15.4 Å². The highest BCUT2D eigenvalue weighted by Gasteiger charge is 2.32. The summed E-state index contributed by atoms with van der Waals surface area (Å²) in [5, 5.41) is 7.58. The van der Waals surface area contributed by atoms with Gasteiger partial charge in [0.15, 0.2) is 0 Å². The lowest BCUT2D eigenvalue weighted by atomic mass is 10.1. The molecular formula is C19H21FN6O. The van der Waals surface area contributed by atoms with Crippen molar-refractivity contribution in [1.82, 2.24) is 29.5 Å². The maximum absolute atomic E-state index is 14.1. The Labute approximate surface area is 156 Å². The van der Waals surface area contributed by atoms with Gasteiger partial charge in [-0.3, -0.25) is 4.79 Å². The van der Waals surface area contributed by atoms with Crippen LogP contribution in [-0.2, 0) is 7.05 Å². The van der Waals surface area contributed by atoms with Gasteiger partial charge in [0.2, 0.25) is 0 Å². The first-order chi connectivity index (χ1) is 13.1. The van der Waals surface area contributed by atoms with E-state index in [1.165, 1.54) is 16.9 Å². The highest BCUT2D eigenvalue weighted by Crippen LogP contribution is 2.25. The predicted molar refractivity (Wildman–Crippen MR) is 98.1 cm³/mol. The molecule has 7 nitrogen and oxygen atoms in total. The van der Waals surface area contributed by atoms with Crippen molar-refractivity contribution in [3.8, 4) is 5.69 Å². The largest absolute Gasteiger partial charge is 0.336 e. The van der Waals surface area contributed by atoms with Crippen LogP contribution in [0.4, 0.5) is 4.39 Å². The molecule has 0 radical (unpaired) electrons. The van der Waals surface area contributed by atoms with E-state index in [0.717, 1.165) is 5.82 Å². The molecule has 3 aromatic rings. The maximum atomic E-state index is 14.1. The monoisotopic (exact) mass is 368 g/mol. The van der Waals surface area contributed by atoms with Crippen molar-refractivity contribution in [2.75, 3.05) is 19.6 Å². The summed E-state index contributed by atoms with van der Waals surface area (Å²) in [6, 6.07) is 6.23. The quantitative estimate of drug-likeness (QED) is 0.766. The Hall–Kier alpha value is -3.00. The van der Waals surface area contributed by atoms with Crippen LogP contribution in [0.15, 0.2) is 42.9 Å². The zero-order valence-corrected chi connectivity index (χ0v) is 15.3. The molecule has 1 amide bonds. The number of hydrogen-bond acceptors (Lipinski definition) is 4. The van der Waals surface area contributed by atoms with Crippen LogP contribution >= 0.6 is 0 Å². The van der Waals surface area contributed by atoms with E-state index in [1.807, 2.05) is 22.7 Å². The number of benzene rings is 1. The number of nitrogens with one attached hydrogen (secondary N) is 1. The summed E-state index contributed by atoms with van der Waals surface area (Å²) in [5.41, 5.74) is 1.41. The van der Waals surface area contributed by atoms with Crippen LogP contribution in [0.1, 0.15) is 27.9 Å². The third kappa shape index (κ3) is 3.02. The average Bonchev–Trinajstić information content (AvgIpc) is 3.27. The zero-order chi connectivity index (χ0) is 19.0. The molecule has 1 fully saturated rings. The number of aryl methyl sites for hydroxylation is 1. The van der Waals surface area contributed by atoms with Gasteiger partial charge in [-0.15, -0.1) is 0 Å². The molecule has 1 N–H and O–H groups in total. The lowest BCUT2D eigenvalue weighted by Gasteiger charge is -2.35. The van der Waals surface area contributed by atoms with E-state index in [9.17, 15) is 9.18 Å². The Balaban J connectivity index is 1.68. The van der Waals surface area contributed by atoms with E-state index in [1.54, 1.807) is 31.3 Å². The van der Waals surface area contributed by atoms with Gasteiger partial charge in [0, 0.05) is 39.1 Å². The molecule has 0 saturated carbocycles. The summed E-state index contributed by atoms with van der Waals surface area (Å²) in [6.07, 6.45) is 5.11. The van der Waals surface area contributed by atoms with Crippen LogP contribution in [0.2, 0.25) is 0 Å². The number of nitrogens with zero attached hydrogens (tertiary/aromatic N) is 5. The molecule has 1 aliphatic heterocycles. The van der Waals surface area contributed by atoms with Crippen molar-refractivity contribution in [3.63, 3.8) is 0 Å². The van der Waals surface area contributed by atoms with Gasteiger partial charge in [-0.2, -0.15) is 5.10 Å². The number of halogens is 1. The van der Waals surface area contributed by atoms with Crippen molar-refractivity contribution in [3.05, 3.63) is 65.8 Å². The first-order valence-electron chi connectivity index (χ1n) is 8.86. The highest BCUT2D eigenvalue weighted by molar-refractivity contribution is 5.95. The van der Waals surface area contributed by atoms with Gasteiger partial charge >= 0.3 is 0 Å². The third-order valence-corrected chi connectivity index (χ3v) is 4.98. The Bertz CT molecular complexity index is 978. The molecule has 3 heterocycles. The summed E-state index contributed by atoms with van der Waals surface area (Å²) in [4.78, 5) is 19.5. The molecule has 27 heavy (non-hydrogen) atoms. The Morgan fingerprint density at radius 1 is 1.33 bits per heavy atom. The summed E-state index contributed by atoms with van der Waals surface area (Å²) in [7, 11) is 1.92. The minimum atomic E-state index is -0.379. The lowest BCUT2D eigenvalue weighted by molar-refractivity contribution is 0.0620. The summed E-state index contributed by atoms with van der Waals surface area (Å²) in [6.45, 7) is 3.70. The normalized spacial score (nSPS) is 17.3. The number of hydrogen-bond donors (Lipinski definition) is 1. The maximum Gasteiger partial charge on any atom is 0.258 e. The van der Waals surface area contributed by atoms with E-state index >= 15 is 0 Å². The van der Waals surface area contributed by atoms with Gasteiger partial charge in [0.25, 0.3) is 5.91 Å². The first kappa shape index (κ1) is 17.4. The fourth-order valence-corrected chi connectivity index (χ4v) is 3.52. The van der Waals surface area contributed by atoms with Gasteiger partial charge in [-0.05, 0) is 19.1 Å². The number of carbonyl (C=O) groups excluding carboxylic acids is 1. The van der Waals surface area contributed by atoms with Gasteiger partial charge in [-0.25, -0.2) is 14.1 Å². The molecule has 2 aromatic heterocycles. The number of amides is 1. The SMILES string of the molecule is Cc1c(C(=O)N2CCNCC2c2nccn2C)cnn1-c1ccccc1F. The number of imidazole rings is 1. The smallest absolute Gasteiger partial charge is 0.258 e. The molecule has 0 bridgehead atoms. The summed E-state index contributed by atoms with van der Waals surface area (Å²) < 4.78 is 17.5. The standard InChI is InChI=1S/C19H21FN6O/c1-13-14(11-23-26(13)16-6-4-3-5-15(16)20)19(27)25-10-7-21-12-17(25)18-22-8-9-24(18)2/h3-6,8-9,11,17,21H,7,10,12H2,1-2H3. The fourth-order valence-electron chi connectivity index (χ4n) is 3.52. The minimum Gasteiger partial charge on any atom is -0.336 e. The summed E-state index contributed by atoms with van der Waals surface area (Å²) >= 11 is 0. The first-order valence-corrected chi connectivity index (χ1v) is 8.86. The predicted octanol–water partition coefficient (Wildman–Crippen LogP) is 1.84. The lowest BCUT2D eigenvalue weighted by Crippen LogP contribution is -2.49. The Kier molecular flexibility index (Phi) is 4.49. The molecule has 4 rings (SSSR count). The van der Waals surface area contributed by atoms with Crippen LogP contribution in [-0.4, -0.2) is 49.8 Å². The molecule has 8 heteroatoms. The average molecular weight is 368 g/mol. The van der Waals surface area contributed by atoms with Crippen molar-refractivity contribution >= 4 is 5.91 Å². The second-order valence-electron chi connectivity index (χ2n) is 6.62. The number of para-hydroxylation sites is 1. The minimum absolute atomic E-state index is 0.121. The molecule has 1 aromatic carbocycles. The fraction of sp³-hybridized carbons (Fsp3) is 0.316. The number of piperazine rings is 1. The summed E-state index contributed by atoms with van der Waals surface area (Å²) in [5.74, 6) is 0.329. The molecule has 1 aliphatic rings. The van der Waals surface area contributed by atoms with Gasteiger partial charge < -0.3 is 14.8 Å². The highest BCUT2D eigenvalue weighted by atomic mass is 19.1. The number of carbonyl (C=O) groups is 1. The second kappa shape index (κ2) is 6.96. The third-order valence-electron chi connectivity index (χ3n) is 4.98. The van der Waals surface area contributed by atoms with Crippen LogP contribution in [0.5, 0.6) is 0 Å². The van der Waals surface area contributed by atoms with Crippen molar-refractivity contribution in [2.24, 2.45) is 7.05 Å². The molecule has 1 saturated heterocycles. The van der Waals surface area contributed by atoms with E-state index in [4.69, 9.17) is 0 Å². The van der Waals surface area contributed by atoms with Gasteiger partial charge in [-0.1, -0.05) is 12.1 Å². The van der Waals surface area contributed by atoms with Crippen LogP contribution in [0.3, 0.4) is 0 Å². The Morgan fingerprint density at radius 3 is 2.89 bits per heavy atom. The molecular weight excluding hydrogens is 347 g/mol. The van der Waals surface area contributed by atoms with Gasteiger partial charge in [0.05, 0.1) is 17.5 Å². The van der Waals surface area contributed by atoms with Crippen LogP contribution in [0.25, 0.3) is 5.69 Å². The van der Waals surface area contributed by atoms with Crippen molar-refractivity contribution < 1.29 is 9.18 Å². The topological polar surface area (TPSA) is 68.0 Å².